The summed E-state index contributed by atoms with van der Waals surface area (Å²) in [4.78, 5) is 11.6. The standard InChI is InChI=1S/C13H16BrClN2O2/c14-10-7-9(1-2-11(10)15)17-12(13(16)18)8-3-5-19-6-4-8/h1-2,7-8,12,17H,3-6H2,(H2,16,18). The topological polar surface area (TPSA) is 64.4 Å². The van der Waals surface area contributed by atoms with Crippen molar-refractivity contribution in [2.45, 2.75) is 18.9 Å². The van der Waals surface area contributed by atoms with Crippen LogP contribution in [0, 0.1) is 5.92 Å². The van der Waals surface area contributed by atoms with E-state index in [-0.39, 0.29) is 17.9 Å². The van der Waals surface area contributed by atoms with Crippen LogP contribution >= 0.6 is 27.5 Å². The molecule has 1 unspecified atom stereocenters. The third-order valence-electron chi connectivity index (χ3n) is 3.29. The number of hydrogen-bond donors (Lipinski definition) is 2. The van der Waals surface area contributed by atoms with Crippen LogP contribution in [0.25, 0.3) is 0 Å². The Labute approximate surface area is 125 Å². The van der Waals surface area contributed by atoms with Crippen molar-refractivity contribution in [2.24, 2.45) is 11.7 Å². The third kappa shape index (κ3) is 3.84. The number of hydrogen-bond acceptors (Lipinski definition) is 3. The maximum atomic E-state index is 11.6. The molecule has 0 bridgehead atoms. The number of carbonyl (C=O) groups excluding carboxylic acids is 1. The van der Waals surface area contributed by atoms with Crippen molar-refractivity contribution >= 4 is 39.1 Å². The van der Waals surface area contributed by atoms with Crippen LogP contribution in [0.3, 0.4) is 0 Å². The second-order valence-corrected chi connectivity index (χ2v) is 5.86. The molecule has 1 atom stereocenters. The molecule has 1 aliphatic heterocycles. The lowest BCUT2D eigenvalue weighted by Gasteiger charge is -2.29. The molecule has 0 saturated carbocycles. The van der Waals surface area contributed by atoms with E-state index in [4.69, 9.17) is 22.1 Å². The SMILES string of the molecule is NC(=O)C(Nc1ccc(Cl)c(Br)c1)C1CCOCC1. The molecule has 0 spiro atoms. The number of nitrogens with one attached hydrogen (secondary N) is 1. The second kappa shape index (κ2) is 6.59. The molecule has 1 fully saturated rings. The number of amides is 1. The molecule has 1 aromatic rings. The zero-order valence-corrected chi connectivity index (χ0v) is 12.7. The van der Waals surface area contributed by atoms with Crippen LogP contribution in [0.5, 0.6) is 0 Å². The first-order valence-electron chi connectivity index (χ1n) is 6.16. The number of benzene rings is 1. The molecule has 1 saturated heterocycles. The lowest BCUT2D eigenvalue weighted by atomic mass is 9.91. The van der Waals surface area contributed by atoms with Crippen LogP contribution in [-0.4, -0.2) is 25.2 Å². The fourth-order valence-corrected chi connectivity index (χ4v) is 2.73. The largest absolute Gasteiger partial charge is 0.381 e. The highest BCUT2D eigenvalue weighted by Gasteiger charge is 2.28. The molecule has 1 amide bonds. The first-order chi connectivity index (χ1) is 9.08. The van der Waals surface area contributed by atoms with Crippen LogP contribution in [0.4, 0.5) is 5.69 Å². The molecule has 1 aliphatic rings. The van der Waals surface area contributed by atoms with E-state index in [1.54, 1.807) is 6.07 Å². The highest BCUT2D eigenvalue weighted by atomic mass is 79.9. The molecule has 1 heterocycles. The maximum absolute atomic E-state index is 11.6. The quantitative estimate of drug-likeness (QED) is 0.880. The summed E-state index contributed by atoms with van der Waals surface area (Å²) in [6.45, 7) is 1.36. The number of primary amides is 1. The summed E-state index contributed by atoms with van der Waals surface area (Å²) >= 11 is 9.31. The van der Waals surface area contributed by atoms with Crippen molar-refractivity contribution in [3.8, 4) is 0 Å². The Kier molecular flexibility index (Phi) is 5.07. The van der Waals surface area contributed by atoms with E-state index in [0.717, 1.165) is 23.0 Å². The van der Waals surface area contributed by atoms with E-state index in [1.165, 1.54) is 0 Å². The summed E-state index contributed by atoms with van der Waals surface area (Å²) in [7, 11) is 0. The Morgan fingerprint density at radius 3 is 2.74 bits per heavy atom. The maximum Gasteiger partial charge on any atom is 0.240 e. The van der Waals surface area contributed by atoms with Gasteiger partial charge in [-0.2, -0.15) is 0 Å². The average Bonchev–Trinajstić information content (AvgIpc) is 2.40. The van der Waals surface area contributed by atoms with Crippen molar-refractivity contribution in [3.05, 3.63) is 27.7 Å². The zero-order valence-electron chi connectivity index (χ0n) is 10.4. The van der Waals surface area contributed by atoms with E-state index >= 15 is 0 Å². The van der Waals surface area contributed by atoms with Gasteiger partial charge in [-0.1, -0.05) is 11.6 Å². The molecule has 0 aromatic heterocycles. The molecule has 2 rings (SSSR count). The van der Waals surface area contributed by atoms with Crippen LogP contribution in [-0.2, 0) is 9.53 Å². The molecule has 6 heteroatoms. The lowest BCUT2D eigenvalue weighted by molar-refractivity contribution is -0.120. The second-order valence-electron chi connectivity index (χ2n) is 4.60. The summed E-state index contributed by atoms with van der Waals surface area (Å²) in [6, 6.07) is 5.08. The Morgan fingerprint density at radius 2 is 2.16 bits per heavy atom. The van der Waals surface area contributed by atoms with Gasteiger partial charge in [-0.05, 0) is 52.9 Å². The molecule has 19 heavy (non-hydrogen) atoms. The van der Waals surface area contributed by atoms with E-state index in [1.807, 2.05) is 12.1 Å². The predicted molar refractivity (Wildman–Crippen MR) is 79.3 cm³/mol. The number of ether oxygens (including phenoxy) is 1. The number of anilines is 1. The molecule has 104 valence electrons. The third-order valence-corrected chi connectivity index (χ3v) is 4.50. The minimum absolute atomic E-state index is 0.209. The predicted octanol–water partition coefficient (Wildman–Crippen LogP) is 2.79. The van der Waals surface area contributed by atoms with Crippen LogP contribution in [0.1, 0.15) is 12.8 Å². The Morgan fingerprint density at radius 1 is 1.47 bits per heavy atom. The Balaban J connectivity index is 2.11. The number of halogens is 2. The molecular formula is C13H16BrClN2O2. The van der Waals surface area contributed by atoms with Crippen LogP contribution < -0.4 is 11.1 Å². The van der Waals surface area contributed by atoms with Gasteiger partial charge in [0, 0.05) is 23.4 Å². The van der Waals surface area contributed by atoms with Crippen molar-refractivity contribution in [2.75, 3.05) is 18.5 Å². The van der Waals surface area contributed by atoms with E-state index < -0.39 is 0 Å². The molecule has 0 radical (unpaired) electrons. The molecule has 1 aromatic carbocycles. The minimum Gasteiger partial charge on any atom is -0.381 e. The lowest BCUT2D eigenvalue weighted by Crippen LogP contribution is -2.43. The molecular weight excluding hydrogens is 332 g/mol. The van der Waals surface area contributed by atoms with Gasteiger partial charge in [-0.15, -0.1) is 0 Å². The number of nitrogens with two attached hydrogens (primary N) is 1. The molecule has 4 nitrogen and oxygen atoms in total. The van der Waals surface area contributed by atoms with Crippen molar-refractivity contribution in [3.63, 3.8) is 0 Å². The molecule has 3 N–H and O–H groups in total. The average molecular weight is 348 g/mol. The van der Waals surface area contributed by atoms with Gasteiger partial charge >= 0.3 is 0 Å². The minimum atomic E-state index is -0.378. The van der Waals surface area contributed by atoms with Gasteiger partial charge in [0.1, 0.15) is 6.04 Å². The van der Waals surface area contributed by atoms with Gasteiger partial charge in [-0.25, -0.2) is 0 Å². The fourth-order valence-electron chi connectivity index (χ4n) is 2.24. The van der Waals surface area contributed by atoms with Crippen molar-refractivity contribution in [1.82, 2.24) is 0 Å². The summed E-state index contributed by atoms with van der Waals surface area (Å²) < 4.78 is 6.10. The number of rotatable bonds is 4. The summed E-state index contributed by atoms with van der Waals surface area (Å²) in [6.07, 6.45) is 1.69. The van der Waals surface area contributed by atoms with Crippen molar-refractivity contribution < 1.29 is 9.53 Å². The van der Waals surface area contributed by atoms with E-state index in [9.17, 15) is 4.79 Å². The smallest absolute Gasteiger partial charge is 0.240 e. The first kappa shape index (κ1) is 14.6. The normalized spacial score (nSPS) is 18.0. The van der Waals surface area contributed by atoms with E-state index in [2.05, 4.69) is 21.2 Å². The van der Waals surface area contributed by atoms with Gasteiger partial charge < -0.3 is 15.8 Å². The monoisotopic (exact) mass is 346 g/mol. The fraction of sp³-hybridized carbons (Fsp3) is 0.462. The first-order valence-corrected chi connectivity index (χ1v) is 7.33. The highest BCUT2D eigenvalue weighted by molar-refractivity contribution is 9.10. The van der Waals surface area contributed by atoms with Gasteiger partial charge in [0.2, 0.25) is 5.91 Å². The van der Waals surface area contributed by atoms with E-state index in [0.29, 0.717) is 18.2 Å². The molecule has 0 aliphatic carbocycles. The van der Waals surface area contributed by atoms with Gasteiger partial charge in [-0.3, -0.25) is 4.79 Å². The number of carbonyl (C=O) groups is 1. The highest BCUT2D eigenvalue weighted by Crippen LogP contribution is 2.28. The van der Waals surface area contributed by atoms with Gasteiger partial charge in [0.05, 0.1) is 5.02 Å². The van der Waals surface area contributed by atoms with Crippen LogP contribution in [0.2, 0.25) is 5.02 Å². The zero-order chi connectivity index (χ0) is 13.8. The Hall–Kier alpha value is -0.780. The van der Waals surface area contributed by atoms with Gasteiger partial charge in [0.25, 0.3) is 0 Å². The summed E-state index contributed by atoms with van der Waals surface area (Å²) in [5, 5.41) is 3.83. The Bertz CT molecular complexity index is 464. The van der Waals surface area contributed by atoms with Crippen LogP contribution in [0.15, 0.2) is 22.7 Å². The van der Waals surface area contributed by atoms with Crippen molar-refractivity contribution in [1.29, 1.82) is 0 Å². The summed E-state index contributed by atoms with van der Waals surface area (Å²) in [5.74, 6) is -0.126. The summed E-state index contributed by atoms with van der Waals surface area (Å²) in [5.41, 5.74) is 6.33. The van der Waals surface area contributed by atoms with Gasteiger partial charge in [0.15, 0.2) is 0 Å².